The van der Waals surface area contributed by atoms with Gasteiger partial charge in [0.15, 0.2) is 0 Å². The molecule has 3 N–H and O–H groups in total. The van der Waals surface area contributed by atoms with Gasteiger partial charge in [-0.05, 0) is 32.0 Å². The first kappa shape index (κ1) is 13.7. The highest BCUT2D eigenvalue weighted by Crippen LogP contribution is 2.17. The van der Waals surface area contributed by atoms with Crippen molar-refractivity contribution in [3.05, 3.63) is 30.0 Å². The van der Waals surface area contributed by atoms with Crippen LogP contribution < -0.4 is 11.1 Å². The second-order valence-corrected chi connectivity index (χ2v) is 4.52. The summed E-state index contributed by atoms with van der Waals surface area (Å²) in [5.74, 6) is 0.800. The zero-order valence-electron chi connectivity index (χ0n) is 11.4. The van der Waals surface area contributed by atoms with E-state index < -0.39 is 0 Å². The predicted molar refractivity (Wildman–Crippen MR) is 77.2 cm³/mol. The molecule has 0 radical (unpaired) electrons. The van der Waals surface area contributed by atoms with Crippen molar-refractivity contribution in [1.82, 2.24) is 9.97 Å². The van der Waals surface area contributed by atoms with E-state index >= 15 is 0 Å². The van der Waals surface area contributed by atoms with E-state index in [2.05, 4.69) is 15.3 Å². The maximum Gasteiger partial charge on any atom is 0.148 e. The number of ether oxygens (including phenoxy) is 1. The molecule has 2 rings (SSSR count). The lowest BCUT2D eigenvalue weighted by Gasteiger charge is -2.19. The van der Waals surface area contributed by atoms with Crippen LogP contribution in [-0.4, -0.2) is 36.3 Å². The van der Waals surface area contributed by atoms with E-state index in [0.29, 0.717) is 13.2 Å². The first-order valence-corrected chi connectivity index (χ1v) is 6.43. The molecular formula is C14H20N4O. The minimum atomic E-state index is 0.157. The molecule has 0 aliphatic carbocycles. The third kappa shape index (κ3) is 3.39. The van der Waals surface area contributed by atoms with Crippen molar-refractivity contribution in [3.8, 4) is 0 Å². The Balaban J connectivity index is 2.25. The highest BCUT2D eigenvalue weighted by Gasteiger charge is 2.11. The number of para-hydroxylation sites is 2. The van der Waals surface area contributed by atoms with Crippen LogP contribution in [0.25, 0.3) is 11.0 Å². The minimum Gasteiger partial charge on any atom is -0.383 e. The van der Waals surface area contributed by atoms with Gasteiger partial charge < -0.3 is 15.8 Å². The van der Waals surface area contributed by atoms with Gasteiger partial charge in [0.2, 0.25) is 0 Å². The van der Waals surface area contributed by atoms with E-state index in [4.69, 9.17) is 10.5 Å². The third-order valence-corrected chi connectivity index (χ3v) is 2.97. The number of fused-ring (bicyclic) bond motifs is 1. The monoisotopic (exact) mass is 260 g/mol. The quantitative estimate of drug-likeness (QED) is 0.827. The normalized spacial score (nSPS) is 12.6. The van der Waals surface area contributed by atoms with Crippen LogP contribution in [0.1, 0.15) is 12.1 Å². The Bertz CT molecular complexity index is 538. The molecule has 1 aromatic heterocycles. The van der Waals surface area contributed by atoms with Crippen LogP contribution >= 0.6 is 0 Å². The van der Waals surface area contributed by atoms with Crippen molar-refractivity contribution in [3.63, 3.8) is 0 Å². The van der Waals surface area contributed by atoms with E-state index in [9.17, 15) is 0 Å². The number of hydrogen-bond acceptors (Lipinski definition) is 5. The van der Waals surface area contributed by atoms with Gasteiger partial charge in [0, 0.05) is 7.11 Å². The summed E-state index contributed by atoms with van der Waals surface area (Å²) >= 11 is 0. The van der Waals surface area contributed by atoms with Crippen LogP contribution in [0.15, 0.2) is 24.3 Å². The van der Waals surface area contributed by atoms with E-state index in [0.717, 1.165) is 29.0 Å². The Labute approximate surface area is 113 Å². The molecule has 5 nitrogen and oxygen atoms in total. The third-order valence-electron chi connectivity index (χ3n) is 2.97. The van der Waals surface area contributed by atoms with Crippen molar-refractivity contribution in [2.24, 2.45) is 5.73 Å². The molecule has 0 saturated heterocycles. The molecule has 0 amide bonds. The van der Waals surface area contributed by atoms with Crippen LogP contribution in [-0.2, 0) is 4.74 Å². The summed E-state index contributed by atoms with van der Waals surface area (Å²) in [6.07, 6.45) is 0.835. The zero-order chi connectivity index (χ0) is 13.7. The highest BCUT2D eigenvalue weighted by atomic mass is 16.5. The van der Waals surface area contributed by atoms with Gasteiger partial charge >= 0.3 is 0 Å². The fourth-order valence-corrected chi connectivity index (χ4v) is 2.02. The van der Waals surface area contributed by atoms with Crippen LogP contribution in [0.5, 0.6) is 0 Å². The summed E-state index contributed by atoms with van der Waals surface area (Å²) in [4.78, 5) is 9.16. The Hall–Kier alpha value is -1.72. The Morgan fingerprint density at radius 1 is 1.26 bits per heavy atom. The summed E-state index contributed by atoms with van der Waals surface area (Å²) in [5.41, 5.74) is 8.29. The standard InChI is InChI=1S/C14H20N4O/c1-10-14(17-11(7-8-15)9-19-2)18-13-6-4-3-5-12(13)16-10/h3-6,11H,7-9,15H2,1-2H3,(H,17,18). The molecule has 0 bridgehead atoms. The average Bonchev–Trinajstić information content (AvgIpc) is 2.40. The first-order valence-electron chi connectivity index (χ1n) is 6.43. The predicted octanol–water partition coefficient (Wildman–Crippen LogP) is 1.71. The molecule has 1 heterocycles. The van der Waals surface area contributed by atoms with Crippen LogP contribution in [0.2, 0.25) is 0 Å². The van der Waals surface area contributed by atoms with Crippen LogP contribution in [0.3, 0.4) is 0 Å². The van der Waals surface area contributed by atoms with Gasteiger partial charge in [-0.2, -0.15) is 0 Å². The first-order chi connectivity index (χ1) is 9.24. The second-order valence-electron chi connectivity index (χ2n) is 4.52. The van der Waals surface area contributed by atoms with Gasteiger partial charge in [-0.25, -0.2) is 9.97 Å². The molecular weight excluding hydrogens is 240 g/mol. The summed E-state index contributed by atoms with van der Waals surface area (Å²) in [5, 5.41) is 3.36. The number of rotatable bonds is 6. The molecule has 19 heavy (non-hydrogen) atoms. The summed E-state index contributed by atoms with van der Waals surface area (Å²) in [7, 11) is 1.68. The zero-order valence-corrected chi connectivity index (χ0v) is 11.4. The van der Waals surface area contributed by atoms with Crippen molar-refractivity contribution >= 4 is 16.9 Å². The van der Waals surface area contributed by atoms with Gasteiger partial charge in [-0.3, -0.25) is 0 Å². The largest absolute Gasteiger partial charge is 0.383 e. The number of nitrogens with zero attached hydrogens (tertiary/aromatic N) is 2. The number of aryl methyl sites for hydroxylation is 1. The molecule has 0 spiro atoms. The molecule has 5 heteroatoms. The second kappa shape index (κ2) is 6.45. The van der Waals surface area contributed by atoms with Gasteiger partial charge in [0.25, 0.3) is 0 Å². The van der Waals surface area contributed by atoms with Crippen LogP contribution in [0, 0.1) is 6.92 Å². The smallest absolute Gasteiger partial charge is 0.148 e. The van der Waals surface area contributed by atoms with Gasteiger partial charge in [-0.1, -0.05) is 12.1 Å². The molecule has 0 aliphatic rings. The van der Waals surface area contributed by atoms with Gasteiger partial charge in [0.05, 0.1) is 29.4 Å². The number of anilines is 1. The minimum absolute atomic E-state index is 0.157. The SMILES string of the molecule is COCC(CCN)Nc1nc2ccccc2nc1C. The number of benzene rings is 1. The van der Waals surface area contributed by atoms with Crippen LogP contribution in [0.4, 0.5) is 5.82 Å². The molecule has 2 aromatic rings. The molecule has 1 atom stereocenters. The van der Waals surface area contributed by atoms with Gasteiger partial charge in [-0.15, -0.1) is 0 Å². The highest BCUT2D eigenvalue weighted by molar-refractivity contribution is 5.76. The fraction of sp³-hybridized carbons (Fsp3) is 0.429. The van der Waals surface area contributed by atoms with Crippen molar-refractivity contribution in [1.29, 1.82) is 0 Å². The van der Waals surface area contributed by atoms with Crippen molar-refractivity contribution in [2.45, 2.75) is 19.4 Å². The maximum absolute atomic E-state index is 5.61. The fourth-order valence-electron chi connectivity index (χ4n) is 2.02. The molecule has 1 unspecified atom stereocenters. The summed E-state index contributed by atoms with van der Waals surface area (Å²) < 4.78 is 5.19. The van der Waals surface area contributed by atoms with Crippen molar-refractivity contribution < 1.29 is 4.74 Å². The summed E-state index contributed by atoms with van der Waals surface area (Å²) in [6, 6.07) is 8.01. The number of nitrogens with one attached hydrogen (secondary N) is 1. The number of methoxy groups -OCH3 is 1. The molecule has 0 saturated carbocycles. The van der Waals surface area contributed by atoms with E-state index in [1.54, 1.807) is 7.11 Å². The number of aromatic nitrogens is 2. The molecule has 0 fully saturated rings. The lowest BCUT2D eigenvalue weighted by Crippen LogP contribution is -2.28. The molecule has 102 valence electrons. The molecule has 0 aliphatic heterocycles. The average molecular weight is 260 g/mol. The summed E-state index contributed by atoms with van der Waals surface area (Å²) in [6.45, 7) is 3.17. The number of nitrogens with two attached hydrogens (primary N) is 1. The van der Waals surface area contributed by atoms with Crippen molar-refractivity contribution in [2.75, 3.05) is 25.6 Å². The topological polar surface area (TPSA) is 73.1 Å². The lowest BCUT2D eigenvalue weighted by molar-refractivity contribution is 0.183. The van der Waals surface area contributed by atoms with Gasteiger partial charge in [0.1, 0.15) is 5.82 Å². The maximum atomic E-state index is 5.61. The van der Waals surface area contributed by atoms with E-state index in [-0.39, 0.29) is 6.04 Å². The van der Waals surface area contributed by atoms with E-state index in [1.165, 1.54) is 0 Å². The molecule has 1 aromatic carbocycles. The lowest BCUT2D eigenvalue weighted by atomic mass is 10.2. The number of hydrogen-bond donors (Lipinski definition) is 2. The Morgan fingerprint density at radius 2 is 1.95 bits per heavy atom. The Kier molecular flexibility index (Phi) is 4.65. The Morgan fingerprint density at radius 3 is 2.58 bits per heavy atom. The van der Waals surface area contributed by atoms with E-state index in [1.807, 2.05) is 31.2 Å².